The van der Waals surface area contributed by atoms with Crippen molar-refractivity contribution in [1.29, 1.82) is 0 Å². The molecule has 1 aromatic carbocycles. The molecule has 0 atom stereocenters. The molecule has 1 amide bonds. The molecule has 2 saturated carbocycles. The SMILES string of the molecule is O=C(CC1(Cn2cnc3ccccc3c2=O)CCCCC1)NC1CCCC1. The van der Waals surface area contributed by atoms with Crippen LogP contribution < -0.4 is 10.9 Å². The normalized spacial score (nSPS) is 20.0. The van der Waals surface area contributed by atoms with E-state index in [0.717, 1.165) is 44.0 Å². The highest BCUT2D eigenvalue weighted by atomic mass is 16.1. The maximum Gasteiger partial charge on any atom is 0.261 e. The number of para-hydroxylation sites is 1. The van der Waals surface area contributed by atoms with Crippen LogP contribution in [0.4, 0.5) is 0 Å². The minimum atomic E-state index is -0.130. The number of fused-ring (bicyclic) bond motifs is 1. The molecule has 0 bridgehead atoms. The summed E-state index contributed by atoms with van der Waals surface area (Å²) in [7, 11) is 0. The molecule has 4 rings (SSSR count). The van der Waals surface area contributed by atoms with Gasteiger partial charge < -0.3 is 5.32 Å². The van der Waals surface area contributed by atoms with E-state index in [4.69, 9.17) is 0 Å². The third-order valence-electron chi connectivity index (χ3n) is 6.41. The lowest BCUT2D eigenvalue weighted by atomic mass is 9.71. The maximum absolute atomic E-state index is 12.9. The summed E-state index contributed by atoms with van der Waals surface area (Å²) >= 11 is 0. The van der Waals surface area contributed by atoms with Gasteiger partial charge in [-0.15, -0.1) is 0 Å². The van der Waals surface area contributed by atoms with E-state index in [1.165, 1.54) is 19.3 Å². The number of hydrogen-bond acceptors (Lipinski definition) is 3. The number of amides is 1. The topological polar surface area (TPSA) is 64.0 Å². The van der Waals surface area contributed by atoms with Gasteiger partial charge in [-0.05, 0) is 43.2 Å². The Morgan fingerprint density at radius 2 is 1.85 bits per heavy atom. The molecule has 2 fully saturated rings. The Bertz CT molecular complexity index is 861. The zero-order chi connectivity index (χ0) is 18.7. The van der Waals surface area contributed by atoms with Gasteiger partial charge in [0, 0.05) is 19.0 Å². The lowest BCUT2D eigenvalue weighted by Gasteiger charge is -2.37. The van der Waals surface area contributed by atoms with Crippen LogP contribution in [0.25, 0.3) is 10.9 Å². The fraction of sp³-hybridized carbons (Fsp3) is 0.591. The van der Waals surface area contributed by atoms with Crippen LogP contribution >= 0.6 is 0 Å². The number of benzene rings is 1. The Hall–Kier alpha value is -2.17. The Morgan fingerprint density at radius 1 is 1.11 bits per heavy atom. The van der Waals surface area contributed by atoms with Crippen LogP contribution in [0.2, 0.25) is 0 Å². The van der Waals surface area contributed by atoms with Crippen molar-refractivity contribution in [3.8, 4) is 0 Å². The second kappa shape index (κ2) is 7.83. The summed E-state index contributed by atoms with van der Waals surface area (Å²) in [5, 5.41) is 3.89. The highest BCUT2D eigenvalue weighted by molar-refractivity contribution is 5.77. The van der Waals surface area contributed by atoms with E-state index < -0.39 is 0 Å². The van der Waals surface area contributed by atoms with Crippen molar-refractivity contribution in [1.82, 2.24) is 14.9 Å². The van der Waals surface area contributed by atoms with Crippen LogP contribution in [0.15, 0.2) is 35.4 Å². The largest absolute Gasteiger partial charge is 0.353 e. The van der Waals surface area contributed by atoms with E-state index >= 15 is 0 Å². The molecule has 2 aromatic rings. The molecule has 2 aliphatic carbocycles. The molecule has 0 unspecified atom stereocenters. The van der Waals surface area contributed by atoms with Crippen molar-refractivity contribution < 1.29 is 4.79 Å². The molecule has 1 aromatic heterocycles. The van der Waals surface area contributed by atoms with Crippen molar-refractivity contribution in [3.63, 3.8) is 0 Å². The zero-order valence-electron chi connectivity index (χ0n) is 16.0. The van der Waals surface area contributed by atoms with Crippen molar-refractivity contribution in [2.75, 3.05) is 0 Å². The van der Waals surface area contributed by atoms with Crippen LogP contribution in [0.3, 0.4) is 0 Å². The average Bonchev–Trinajstić information content (AvgIpc) is 3.18. The average molecular weight is 367 g/mol. The Labute approximate surface area is 160 Å². The van der Waals surface area contributed by atoms with Crippen LogP contribution in [-0.4, -0.2) is 21.5 Å². The minimum Gasteiger partial charge on any atom is -0.353 e. The number of rotatable bonds is 5. The minimum absolute atomic E-state index is 0.00162. The number of nitrogens with zero attached hydrogens (tertiary/aromatic N) is 2. The molecule has 0 saturated heterocycles. The fourth-order valence-corrected chi connectivity index (χ4v) is 4.96. The molecule has 1 N–H and O–H groups in total. The molecule has 0 spiro atoms. The summed E-state index contributed by atoms with van der Waals surface area (Å²) in [4.78, 5) is 30.1. The van der Waals surface area contributed by atoms with E-state index in [9.17, 15) is 9.59 Å². The summed E-state index contributed by atoms with van der Waals surface area (Å²) in [5.41, 5.74) is 0.603. The predicted octanol–water partition coefficient (Wildman–Crippen LogP) is 3.80. The number of hydrogen-bond donors (Lipinski definition) is 1. The number of aromatic nitrogens is 2. The quantitative estimate of drug-likeness (QED) is 0.874. The number of carbonyl (C=O) groups is 1. The van der Waals surface area contributed by atoms with Crippen molar-refractivity contribution >= 4 is 16.8 Å². The molecule has 5 heteroatoms. The molecule has 1 heterocycles. The maximum atomic E-state index is 12.9. The summed E-state index contributed by atoms with van der Waals surface area (Å²) in [6.07, 6.45) is 12.3. The van der Waals surface area contributed by atoms with Gasteiger partial charge in [-0.2, -0.15) is 0 Å². The highest BCUT2D eigenvalue weighted by Gasteiger charge is 2.35. The molecule has 144 valence electrons. The first-order valence-corrected chi connectivity index (χ1v) is 10.4. The fourth-order valence-electron chi connectivity index (χ4n) is 4.96. The van der Waals surface area contributed by atoms with Gasteiger partial charge >= 0.3 is 0 Å². The van der Waals surface area contributed by atoms with Gasteiger partial charge in [-0.1, -0.05) is 44.2 Å². The van der Waals surface area contributed by atoms with Gasteiger partial charge in [0.15, 0.2) is 0 Å². The van der Waals surface area contributed by atoms with Crippen LogP contribution in [0.1, 0.15) is 64.2 Å². The summed E-state index contributed by atoms with van der Waals surface area (Å²) < 4.78 is 1.73. The van der Waals surface area contributed by atoms with Crippen LogP contribution in [0.5, 0.6) is 0 Å². The van der Waals surface area contributed by atoms with E-state index in [1.54, 1.807) is 10.9 Å². The van der Waals surface area contributed by atoms with Crippen LogP contribution in [0, 0.1) is 5.41 Å². The van der Waals surface area contributed by atoms with Gasteiger partial charge in [0.05, 0.1) is 17.2 Å². The molecular formula is C22H29N3O2. The third kappa shape index (κ3) is 4.07. The number of carbonyl (C=O) groups excluding carboxylic acids is 1. The zero-order valence-corrected chi connectivity index (χ0v) is 16.0. The lowest BCUT2D eigenvalue weighted by Crippen LogP contribution is -2.41. The Kier molecular flexibility index (Phi) is 5.28. The first-order chi connectivity index (χ1) is 13.2. The highest BCUT2D eigenvalue weighted by Crippen LogP contribution is 2.40. The van der Waals surface area contributed by atoms with E-state index in [2.05, 4.69) is 10.3 Å². The van der Waals surface area contributed by atoms with Crippen molar-refractivity contribution in [2.45, 2.75) is 76.8 Å². The van der Waals surface area contributed by atoms with E-state index in [1.807, 2.05) is 24.3 Å². The van der Waals surface area contributed by atoms with Crippen molar-refractivity contribution in [2.24, 2.45) is 5.41 Å². The Balaban J connectivity index is 1.56. The van der Waals surface area contributed by atoms with Crippen molar-refractivity contribution in [3.05, 3.63) is 40.9 Å². The second-order valence-electron chi connectivity index (χ2n) is 8.48. The monoisotopic (exact) mass is 367 g/mol. The van der Waals surface area contributed by atoms with E-state index in [0.29, 0.717) is 24.4 Å². The van der Waals surface area contributed by atoms with Gasteiger partial charge in [0.25, 0.3) is 5.56 Å². The smallest absolute Gasteiger partial charge is 0.261 e. The molecule has 2 aliphatic rings. The number of nitrogens with one attached hydrogen (secondary N) is 1. The van der Waals surface area contributed by atoms with Crippen LogP contribution in [-0.2, 0) is 11.3 Å². The molecular weight excluding hydrogens is 338 g/mol. The van der Waals surface area contributed by atoms with Gasteiger partial charge in [-0.25, -0.2) is 4.98 Å². The lowest BCUT2D eigenvalue weighted by molar-refractivity contribution is -0.125. The Morgan fingerprint density at radius 3 is 2.63 bits per heavy atom. The summed E-state index contributed by atoms with van der Waals surface area (Å²) in [6, 6.07) is 7.83. The molecule has 0 aliphatic heterocycles. The molecule has 27 heavy (non-hydrogen) atoms. The predicted molar refractivity (Wildman–Crippen MR) is 107 cm³/mol. The van der Waals surface area contributed by atoms with Gasteiger partial charge in [0.2, 0.25) is 5.91 Å². The second-order valence-corrected chi connectivity index (χ2v) is 8.48. The third-order valence-corrected chi connectivity index (χ3v) is 6.41. The first kappa shape index (κ1) is 18.2. The molecule has 5 nitrogen and oxygen atoms in total. The van der Waals surface area contributed by atoms with Gasteiger partial charge in [-0.3, -0.25) is 14.2 Å². The summed E-state index contributed by atoms with van der Waals surface area (Å²) in [5.74, 6) is 0.158. The molecule has 0 radical (unpaired) electrons. The van der Waals surface area contributed by atoms with Gasteiger partial charge in [0.1, 0.15) is 0 Å². The van der Waals surface area contributed by atoms with E-state index in [-0.39, 0.29) is 16.9 Å². The first-order valence-electron chi connectivity index (χ1n) is 10.4. The standard InChI is InChI=1S/C22H29N3O2/c26-20(24-17-8-2-3-9-17)14-22(12-6-1-7-13-22)15-25-16-23-19-11-5-4-10-18(19)21(25)27/h4-5,10-11,16-17H,1-3,6-9,12-15H2,(H,24,26). The summed E-state index contributed by atoms with van der Waals surface area (Å²) in [6.45, 7) is 0.585.